The van der Waals surface area contributed by atoms with Crippen molar-refractivity contribution in [2.45, 2.75) is 39.0 Å². The Balaban J connectivity index is 1.76. The van der Waals surface area contributed by atoms with Crippen LogP contribution in [0, 0.1) is 30.1 Å². The van der Waals surface area contributed by atoms with Crippen LogP contribution in [0.4, 0.5) is 0 Å². The monoisotopic (exact) mass is 298 g/mol. The Morgan fingerprint density at radius 1 is 1.23 bits per heavy atom. The molecule has 0 aromatic heterocycles. The molecule has 3 heteroatoms. The molecule has 5 atom stereocenters. The molecule has 0 N–H and O–H groups in total. The molecule has 0 aliphatic heterocycles. The molecule has 3 fully saturated rings. The third-order valence-electron chi connectivity index (χ3n) is 6.12. The summed E-state index contributed by atoms with van der Waals surface area (Å²) in [5.41, 5.74) is 1.77. The van der Waals surface area contributed by atoms with Crippen LogP contribution in [0.15, 0.2) is 24.3 Å². The SMILES string of the molecule is CCOC(=O)[C@]12[C@@H]3CCC[C@@H]3C(=O)[C@H]1[C@@H]2c1ccc(C)cc1. The summed E-state index contributed by atoms with van der Waals surface area (Å²) in [7, 11) is 0. The van der Waals surface area contributed by atoms with Gasteiger partial charge in [0.2, 0.25) is 0 Å². The Bertz CT molecular complexity index is 633. The maximum Gasteiger partial charge on any atom is 0.313 e. The summed E-state index contributed by atoms with van der Waals surface area (Å²) in [5, 5.41) is 0. The van der Waals surface area contributed by atoms with Gasteiger partial charge in [-0.1, -0.05) is 36.2 Å². The van der Waals surface area contributed by atoms with Gasteiger partial charge in [-0.25, -0.2) is 0 Å². The van der Waals surface area contributed by atoms with E-state index in [4.69, 9.17) is 4.74 Å². The Morgan fingerprint density at radius 3 is 2.64 bits per heavy atom. The van der Waals surface area contributed by atoms with Gasteiger partial charge in [-0.15, -0.1) is 0 Å². The van der Waals surface area contributed by atoms with Gasteiger partial charge in [0.15, 0.2) is 0 Å². The molecule has 1 aromatic carbocycles. The molecule has 0 unspecified atom stereocenters. The summed E-state index contributed by atoms with van der Waals surface area (Å²) in [6.07, 6.45) is 3.02. The lowest BCUT2D eigenvalue weighted by Gasteiger charge is -2.23. The predicted molar refractivity (Wildman–Crippen MR) is 82.3 cm³/mol. The Morgan fingerprint density at radius 2 is 1.95 bits per heavy atom. The summed E-state index contributed by atoms with van der Waals surface area (Å²) >= 11 is 0. The number of ketones is 1. The molecule has 4 rings (SSSR count). The summed E-state index contributed by atoms with van der Waals surface area (Å²) in [6, 6.07) is 8.30. The van der Waals surface area contributed by atoms with E-state index < -0.39 is 5.41 Å². The molecule has 1 aromatic rings. The molecule has 0 heterocycles. The molecule has 3 saturated carbocycles. The highest BCUT2D eigenvalue weighted by atomic mass is 16.5. The van der Waals surface area contributed by atoms with E-state index in [0.717, 1.165) is 24.8 Å². The zero-order chi connectivity index (χ0) is 15.5. The topological polar surface area (TPSA) is 43.4 Å². The van der Waals surface area contributed by atoms with Gasteiger partial charge in [-0.2, -0.15) is 0 Å². The number of hydrogen-bond acceptors (Lipinski definition) is 3. The quantitative estimate of drug-likeness (QED) is 0.805. The fraction of sp³-hybridized carbons (Fsp3) is 0.579. The van der Waals surface area contributed by atoms with Crippen LogP contribution < -0.4 is 0 Å². The van der Waals surface area contributed by atoms with Crippen LogP contribution in [0.1, 0.15) is 43.2 Å². The third-order valence-corrected chi connectivity index (χ3v) is 6.12. The first-order chi connectivity index (χ1) is 10.6. The standard InChI is InChI=1S/C19H22O3/c1-3-22-18(21)19-14-6-4-5-13(14)17(20)16(19)15(19)12-9-7-11(2)8-10-12/h7-10,13-16H,3-6H2,1-2H3/t13-,14+,15-,16+,19-/m0/s1. The maximum atomic E-state index is 12.8. The van der Waals surface area contributed by atoms with Crippen molar-refractivity contribution in [3.05, 3.63) is 35.4 Å². The van der Waals surface area contributed by atoms with Gasteiger partial charge in [-0.05, 0) is 38.2 Å². The zero-order valence-corrected chi connectivity index (χ0v) is 13.2. The Hall–Kier alpha value is -1.64. The molecule has 0 bridgehead atoms. The van der Waals surface area contributed by atoms with Crippen LogP contribution in [0.25, 0.3) is 0 Å². The maximum absolute atomic E-state index is 12.8. The summed E-state index contributed by atoms with van der Waals surface area (Å²) < 4.78 is 5.41. The summed E-state index contributed by atoms with van der Waals surface area (Å²) in [4.78, 5) is 25.6. The van der Waals surface area contributed by atoms with E-state index >= 15 is 0 Å². The lowest BCUT2D eigenvalue weighted by Crippen LogP contribution is -2.29. The molecule has 22 heavy (non-hydrogen) atoms. The summed E-state index contributed by atoms with van der Waals surface area (Å²) in [6.45, 7) is 4.28. The summed E-state index contributed by atoms with van der Waals surface area (Å²) in [5.74, 6) is 0.407. The van der Waals surface area contributed by atoms with Crippen molar-refractivity contribution >= 4 is 11.8 Å². The van der Waals surface area contributed by atoms with E-state index in [1.165, 1.54) is 5.56 Å². The van der Waals surface area contributed by atoms with Crippen molar-refractivity contribution in [2.75, 3.05) is 6.61 Å². The van der Waals surface area contributed by atoms with Crippen molar-refractivity contribution in [1.29, 1.82) is 0 Å². The normalized spacial score (nSPS) is 38.5. The number of carbonyl (C=O) groups excluding carboxylic acids is 2. The van der Waals surface area contributed by atoms with Gasteiger partial charge in [0, 0.05) is 17.8 Å². The minimum absolute atomic E-state index is 0.0407. The van der Waals surface area contributed by atoms with Crippen molar-refractivity contribution < 1.29 is 14.3 Å². The lowest BCUT2D eigenvalue weighted by atomic mass is 9.80. The fourth-order valence-electron chi connectivity index (χ4n) is 5.27. The average molecular weight is 298 g/mol. The van der Waals surface area contributed by atoms with Gasteiger partial charge in [-0.3, -0.25) is 9.59 Å². The predicted octanol–water partition coefficient (Wildman–Crippen LogP) is 3.26. The van der Waals surface area contributed by atoms with Crippen LogP contribution in [-0.4, -0.2) is 18.4 Å². The van der Waals surface area contributed by atoms with Crippen molar-refractivity contribution in [2.24, 2.45) is 23.2 Å². The van der Waals surface area contributed by atoms with Gasteiger partial charge >= 0.3 is 5.97 Å². The van der Waals surface area contributed by atoms with E-state index in [1.54, 1.807) is 0 Å². The molecule has 0 saturated heterocycles. The number of esters is 1. The first-order valence-corrected chi connectivity index (χ1v) is 8.39. The van der Waals surface area contributed by atoms with Crippen LogP contribution in [0.2, 0.25) is 0 Å². The second-order valence-electron chi connectivity index (χ2n) is 7.07. The molecule has 0 spiro atoms. The van der Waals surface area contributed by atoms with Gasteiger partial charge in [0.05, 0.1) is 12.0 Å². The first kappa shape index (κ1) is 14.0. The zero-order valence-electron chi connectivity index (χ0n) is 13.2. The molecular formula is C19H22O3. The fourth-order valence-corrected chi connectivity index (χ4v) is 5.27. The number of aryl methyl sites for hydroxylation is 1. The van der Waals surface area contributed by atoms with Crippen LogP contribution >= 0.6 is 0 Å². The van der Waals surface area contributed by atoms with E-state index in [1.807, 2.05) is 6.92 Å². The van der Waals surface area contributed by atoms with E-state index in [0.29, 0.717) is 12.4 Å². The Labute approximate surface area is 131 Å². The second-order valence-corrected chi connectivity index (χ2v) is 7.07. The van der Waals surface area contributed by atoms with E-state index in [-0.39, 0.29) is 29.6 Å². The smallest absolute Gasteiger partial charge is 0.313 e. The number of fused-ring (bicyclic) bond motifs is 3. The number of benzene rings is 1. The second kappa shape index (κ2) is 4.68. The van der Waals surface area contributed by atoms with Gasteiger partial charge in [0.25, 0.3) is 0 Å². The van der Waals surface area contributed by atoms with Crippen molar-refractivity contribution in [3.63, 3.8) is 0 Å². The number of rotatable bonds is 3. The molecule has 3 aliphatic carbocycles. The number of Topliss-reactive ketones (excluding diaryl/α,β-unsaturated/α-hetero) is 1. The van der Waals surface area contributed by atoms with E-state index in [2.05, 4.69) is 31.2 Å². The highest BCUT2D eigenvalue weighted by Gasteiger charge is 2.82. The van der Waals surface area contributed by atoms with Crippen molar-refractivity contribution in [3.8, 4) is 0 Å². The molecule has 3 nitrogen and oxygen atoms in total. The average Bonchev–Trinajstić information content (AvgIpc) is 2.83. The number of carbonyl (C=O) groups is 2. The van der Waals surface area contributed by atoms with E-state index in [9.17, 15) is 9.59 Å². The van der Waals surface area contributed by atoms with Crippen LogP contribution in [0.3, 0.4) is 0 Å². The van der Waals surface area contributed by atoms with Crippen LogP contribution in [-0.2, 0) is 14.3 Å². The minimum atomic E-state index is -0.552. The molecule has 116 valence electrons. The van der Waals surface area contributed by atoms with Crippen LogP contribution in [0.5, 0.6) is 0 Å². The number of ether oxygens (including phenoxy) is 1. The highest BCUT2D eigenvalue weighted by Crippen LogP contribution is 2.78. The van der Waals surface area contributed by atoms with Crippen molar-refractivity contribution in [1.82, 2.24) is 0 Å². The van der Waals surface area contributed by atoms with Gasteiger partial charge < -0.3 is 4.74 Å². The minimum Gasteiger partial charge on any atom is -0.466 e. The largest absolute Gasteiger partial charge is 0.466 e. The molecular weight excluding hydrogens is 276 g/mol. The molecule has 0 radical (unpaired) electrons. The Kier molecular flexibility index (Phi) is 2.97. The third kappa shape index (κ3) is 1.57. The highest BCUT2D eigenvalue weighted by molar-refractivity contribution is 6.03. The molecule has 0 amide bonds. The number of hydrogen-bond donors (Lipinski definition) is 0. The van der Waals surface area contributed by atoms with Gasteiger partial charge in [0.1, 0.15) is 5.78 Å². The first-order valence-electron chi connectivity index (χ1n) is 8.39. The lowest BCUT2D eigenvalue weighted by molar-refractivity contribution is -0.152. The molecule has 3 aliphatic rings.